The van der Waals surface area contributed by atoms with Crippen molar-refractivity contribution >= 4 is 39.9 Å². The Morgan fingerprint density at radius 1 is 0.963 bits per heavy atom. The highest BCUT2D eigenvalue weighted by Gasteiger charge is 2.18. The van der Waals surface area contributed by atoms with E-state index in [0.29, 0.717) is 22.5 Å². The second-order valence-corrected chi connectivity index (χ2v) is 6.14. The van der Waals surface area contributed by atoms with Gasteiger partial charge in [-0.15, -0.1) is 0 Å². The number of hydrogen-bond acceptors (Lipinski definition) is 4. The molecule has 0 radical (unpaired) electrons. The van der Waals surface area contributed by atoms with Gasteiger partial charge < -0.3 is 10.2 Å². The Hall–Kier alpha value is -3.54. The van der Waals surface area contributed by atoms with Gasteiger partial charge in [-0.2, -0.15) is 0 Å². The number of para-hydroxylation sites is 1. The maximum atomic E-state index is 12.5. The van der Waals surface area contributed by atoms with Gasteiger partial charge in [0.25, 0.3) is 0 Å². The lowest BCUT2D eigenvalue weighted by atomic mass is 10.1. The fourth-order valence-electron chi connectivity index (χ4n) is 2.80. The Kier molecular flexibility index (Phi) is 5.26. The minimum atomic E-state index is -0.339. The summed E-state index contributed by atoms with van der Waals surface area (Å²) in [5.74, 6) is -0.636. The minimum Gasteiger partial charge on any atom is -0.325 e. The number of pyridine rings is 1. The number of amides is 2. The maximum Gasteiger partial charge on any atom is 0.244 e. The monoisotopic (exact) mass is 361 g/mol. The van der Waals surface area contributed by atoms with Crippen LogP contribution in [0.5, 0.6) is 0 Å². The number of Topliss-reactive ketones (excluding diaryl/α,β-unsaturated/α-hetero) is 1. The topological polar surface area (TPSA) is 79.4 Å². The number of nitrogens with zero attached hydrogens (tertiary/aromatic N) is 2. The highest BCUT2D eigenvalue weighted by Crippen LogP contribution is 2.25. The van der Waals surface area contributed by atoms with E-state index in [9.17, 15) is 14.4 Å². The van der Waals surface area contributed by atoms with Crippen molar-refractivity contribution in [3.8, 4) is 0 Å². The number of aromatic nitrogens is 1. The predicted octanol–water partition coefficient (Wildman–Crippen LogP) is 3.43. The van der Waals surface area contributed by atoms with Gasteiger partial charge in [0.1, 0.15) is 6.54 Å². The van der Waals surface area contributed by atoms with E-state index in [1.807, 2.05) is 24.3 Å². The van der Waals surface area contributed by atoms with Crippen molar-refractivity contribution in [3.63, 3.8) is 0 Å². The van der Waals surface area contributed by atoms with Gasteiger partial charge in [0.05, 0.1) is 11.2 Å². The number of carbonyl (C=O) groups is 3. The third kappa shape index (κ3) is 4.17. The lowest BCUT2D eigenvalue weighted by Crippen LogP contribution is -2.36. The van der Waals surface area contributed by atoms with E-state index in [2.05, 4.69) is 10.3 Å². The van der Waals surface area contributed by atoms with E-state index in [-0.39, 0.29) is 24.1 Å². The molecular formula is C21H19N3O3. The smallest absolute Gasteiger partial charge is 0.244 e. The summed E-state index contributed by atoms with van der Waals surface area (Å²) in [6, 6.07) is 15.8. The molecule has 1 N–H and O–H groups in total. The fraction of sp³-hybridized carbons (Fsp3) is 0.143. The third-order valence-corrected chi connectivity index (χ3v) is 4.16. The van der Waals surface area contributed by atoms with E-state index < -0.39 is 0 Å². The summed E-state index contributed by atoms with van der Waals surface area (Å²) in [6.45, 7) is 2.76. The summed E-state index contributed by atoms with van der Waals surface area (Å²) in [4.78, 5) is 41.7. The second kappa shape index (κ2) is 7.78. The molecular weight excluding hydrogens is 342 g/mol. The molecule has 0 saturated heterocycles. The van der Waals surface area contributed by atoms with Gasteiger partial charge in [-0.25, -0.2) is 0 Å². The first-order chi connectivity index (χ1) is 13.0. The first-order valence-corrected chi connectivity index (χ1v) is 8.48. The number of fused-ring (bicyclic) bond motifs is 1. The average Bonchev–Trinajstić information content (AvgIpc) is 2.66. The van der Waals surface area contributed by atoms with Crippen molar-refractivity contribution in [2.24, 2.45) is 0 Å². The van der Waals surface area contributed by atoms with Gasteiger partial charge >= 0.3 is 0 Å². The number of benzene rings is 2. The summed E-state index contributed by atoms with van der Waals surface area (Å²) < 4.78 is 0. The number of ketones is 1. The second-order valence-electron chi connectivity index (χ2n) is 6.14. The highest BCUT2D eigenvalue weighted by molar-refractivity contribution is 6.06. The Morgan fingerprint density at radius 2 is 1.67 bits per heavy atom. The summed E-state index contributed by atoms with van der Waals surface area (Å²) in [6.07, 6.45) is 1.65. The van der Waals surface area contributed by atoms with Crippen LogP contribution in [0.3, 0.4) is 0 Å². The lowest BCUT2D eigenvalue weighted by molar-refractivity contribution is -0.120. The molecule has 0 saturated carbocycles. The molecule has 0 aliphatic heterocycles. The molecule has 0 unspecified atom stereocenters. The number of rotatable bonds is 5. The van der Waals surface area contributed by atoms with Crippen LogP contribution in [0.15, 0.2) is 60.8 Å². The average molecular weight is 361 g/mol. The molecule has 0 aliphatic carbocycles. The molecule has 0 atom stereocenters. The largest absolute Gasteiger partial charge is 0.325 e. The van der Waals surface area contributed by atoms with Crippen molar-refractivity contribution in [1.82, 2.24) is 4.98 Å². The zero-order chi connectivity index (χ0) is 19.4. The van der Waals surface area contributed by atoms with Crippen LogP contribution in [0, 0.1) is 0 Å². The zero-order valence-corrected chi connectivity index (χ0v) is 15.1. The van der Waals surface area contributed by atoms with Gasteiger partial charge in [-0.1, -0.05) is 18.2 Å². The SMILES string of the molecule is CC(=O)c1ccc(NC(=O)CN(C(C)=O)c2cccc3cccnc23)cc1. The Labute approximate surface area is 156 Å². The molecule has 6 nitrogen and oxygen atoms in total. The van der Waals surface area contributed by atoms with E-state index in [0.717, 1.165) is 5.39 Å². The molecule has 136 valence electrons. The van der Waals surface area contributed by atoms with Crippen molar-refractivity contribution in [2.75, 3.05) is 16.8 Å². The molecule has 2 amide bonds. The van der Waals surface area contributed by atoms with Gasteiger partial charge in [-0.3, -0.25) is 19.4 Å². The summed E-state index contributed by atoms with van der Waals surface area (Å²) in [5, 5.41) is 3.64. The van der Waals surface area contributed by atoms with E-state index in [1.54, 1.807) is 36.5 Å². The molecule has 27 heavy (non-hydrogen) atoms. The quantitative estimate of drug-likeness (QED) is 0.706. The molecule has 0 aliphatic rings. The van der Waals surface area contributed by atoms with Crippen LogP contribution in [0.25, 0.3) is 10.9 Å². The van der Waals surface area contributed by atoms with Gasteiger partial charge in [-0.05, 0) is 43.3 Å². The van der Waals surface area contributed by atoms with Crippen molar-refractivity contribution < 1.29 is 14.4 Å². The fourth-order valence-corrected chi connectivity index (χ4v) is 2.80. The summed E-state index contributed by atoms with van der Waals surface area (Å²) >= 11 is 0. The first-order valence-electron chi connectivity index (χ1n) is 8.48. The molecule has 1 heterocycles. The molecule has 0 fully saturated rings. The van der Waals surface area contributed by atoms with Crippen molar-refractivity contribution in [2.45, 2.75) is 13.8 Å². The van der Waals surface area contributed by atoms with Crippen LogP contribution in [0.4, 0.5) is 11.4 Å². The third-order valence-electron chi connectivity index (χ3n) is 4.16. The van der Waals surface area contributed by atoms with Crippen LogP contribution in [-0.4, -0.2) is 29.1 Å². The molecule has 1 aromatic heterocycles. The normalized spacial score (nSPS) is 10.4. The molecule has 0 spiro atoms. The maximum absolute atomic E-state index is 12.5. The number of carbonyl (C=O) groups excluding carboxylic acids is 3. The molecule has 3 aromatic rings. The number of nitrogens with one attached hydrogen (secondary N) is 1. The number of hydrogen-bond donors (Lipinski definition) is 1. The van der Waals surface area contributed by atoms with E-state index in [4.69, 9.17) is 0 Å². The van der Waals surface area contributed by atoms with E-state index in [1.165, 1.54) is 18.7 Å². The first kappa shape index (κ1) is 18.3. The predicted molar refractivity (Wildman–Crippen MR) is 105 cm³/mol. The van der Waals surface area contributed by atoms with Crippen LogP contribution in [0.1, 0.15) is 24.2 Å². The van der Waals surface area contributed by atoms with Gasteiger partial charge in [0.2, 0.25) is 11.8 Å². The van der Waals surface area contributed by atoms with Crippen LogP contribution < -0.4 is 10.2 Å². The van der Waals surface area contributed by atoms with Crippen LogP contribution >= 0.6 is 0 Å². The van der Waals surface area contributed by atoms with Crippen LogP contribution in [0.2, 0.25) is 0 Å². The van der Waals surface area contributed by atoms with Crippen molar-refractivity contribution in [1.29, 1.82) is 0 Å². The zero-order valence-electron chi connectivity index (χ0n) is 15.1. The van der Waals surface area contributed by atoms with Crippen LogP contribution in [-0.2, 0) is 9.59 Å². The van der Waals surface area contributed by atoms with Crippen molar-refractivity contribution in [3.05, 3.63) is 66.4 Å². The van der Waals surface area contributed by atoms with Gasteiger partial charge in [0.15, 0.2) is 5.78 Å². The molecule has 0 bridgehead atoms. The van der Waals surface area contributed by atoms with E-state index >= 15 is 0 Å². The Balaban J connectivity index is 1.81. The minimum absolute atomic E-state index is 0.0425. The lowest BCUT2D eigenvalue weighted by Gasteiger charge is -2.22. The number of anilines is 2. The Bertz CT molecular complexity index is 1010. The highest BCUT2D eigenvalue weighted by atomic mass is 16.2. The standard InChI is InChI=1S/C21H19N3O3/c1-14(25)16-8-10-18(11-9-16)23-20(27)13-24(15(2)26)19-7-3-5-17-6-4-12-22-21(17)19/h3-12H,13H2,1-2H3,(H,23,27). The summed E-state index contributed by atoms with van der Waals surface area (Å²) in [7, 11) is 0. The molecule has 6 heteroatoms. The summed E-state index contributed by atoms with van der Waals surface area (Å²) in [5.41, 5.74) is 2.38. The molecule has 3 rings (SSSR count). The molecule has 2 aromatic carbocycles. The van der Waals surface area contributed by atoms with Gasteiger partial charge in [0, 0.05) is 29.8 Å². The Morgan fingerprint density at radius 3 is 2.33 bits per heavy atom.